The zero-order valence-electron chi connectivity index (χ0n) is 14.1. The molecular formula is C17H23N3O4S. The Balaban J connectivity index is 1.68. The van der Waals surface area contributed by atoms with E-state index in [-0.39, 0.29) is 10.8 Å². The fraction of sp³-hybridized carbons (Fsp3) is 0.471. The van der Waals surface area contributed by atoms with E-state index in [1.165, 1.54) is 4.31 Å². The summed E-state index contributed by atoms with van der Waals surface area (Å²) in [4.78, 5) is 7.23. The normalized spacial score (nSPS) is 18.2. The van der Waals surface area contributed by atoms with Gasteiger partial charge < -0.3 is 14.8 Å². The molecule has 1 saturated heterocycles. The highest BCUT2D eigenvalue weighted by molar-refractivity contribution is 7.89. The Morgan fingerprint density at radius 2 is 2.16 bits per heavy atom. The molecule has 0 spiro atoms. The van der Waals surface area contributed by atoms with Crippen LogP contribution in [-0.4, -0.2) is 47.5 Å². The van der Waals surface area contributed by atoms with Crippen LogP contribution in [0.4, 0.5) is 0 Å². The van der Waals surface area contributed by atoms with Gasteiger partial charge in [-0.1, -0.05) is 6.07 Å². The number of rotatable bonds is 6. The summed E-state index contributed by atoms with van der Waals surface area (Å²) in [6.07, 6.45) is 3.76. The number of H-pyrrole nitrogens is 1. The first-order valence-corrected chi connectivity index (χ1v) is 9.86. The molecule has 0 bridgehead atoms. The van der Waals surface area contributed by atoms with Gasteiger partial charge in [0.15, 0.2) is 0 Å². The van der Waals surface area contributed by atoms with Crippen LogP contribution in [-0.2, 0) is 10.0 Å². The Bertz CT molecular complexity index is 784. The first-order valence-electron chi connectivity index (χ1n) is 8.42. The number of aliphatic hydroxyl groups is 1. The van der Waals surface area contributed by atoms with Crippen LogP contribution in [0.25, 0.3) is 0 Å². The number of hydrogen-bond acceptors (Lipinski definition) is 5. The third-order valence-electron chi connectivity index (χ3n) is 4.50. The molecule has 0 amide bonds. The molecule has 1 fully saturated rings. The van der Waals surface area contributed by atoms with Crippen LogP contribution in [0.3, 0.4) is 0 Å². The molecule has 136 valence electrons. The molecule has 2 aromatic rings. The smallest absolute Gasteiger partial charge is 0.243 e. The largest absolute Gasteiger partial charge is 0.494 e. The van der Waals surface area contributed by atoms with Gasteiger partial charge in [-0.05, 0) is 37.8 Å². The fourth-order valence-corrected chi connectivity index (χ4v) is 4.64. The van der Waals surface area contributed by atoms with Gasteiger partial charge in [-0.3, -0.25) is 0 Å². The molecular weight excluding hydrogens is 342 g/mol. The summed E-state index contributed by atoms with van der Waals surface area (Å²) in [5.74, 6) is 1.07. The lowest BCUT2D eigenvalue weighted by atomic mass is 9.92. The Labute approximate surface area is 147 Å². The molecule has 0 saturated carbocycles. The van der Waals surface area contributed by atoms with Gasteiger partial charge in [0.1, 0.15) is 17.7 Å². The summed E-state index contributed by atoms with van der Waals surface area (Å²) in [6, 6.07) is 6.57. The molecule has 1 unspecified atom stereocenters. The average molecular weight is 365 g/mol. The van der Waals surface area contributed by atoms with Crippen molar-refractivity contribution in [3.05, 3.63) is 42.5 Å². The van der Waals surface area contributed by atoms with Crippen LogP contribution in [0, 0.1) is 5.92 Å². The van der Waals surface area contributed by atoms with Crippen molar-refractivity contribution in [2.45, 2.75) is 30.8 Å². The highest BCUT2D eigenvalue weighted by Gasteiger charge is 2.33. The van der Waals surface area contributed by atoms with Crippen molar-refractivity contribution >= 4 is 10.0 Å². The lowest BCUT2D eigenvalue weighted by Crippen LogP contribution is -2.39. The summed E-state index contributed by atoms with van der Waals surface area (Å²) < 4.78 is 32.5. The Morgan fingerprint density at radius 3 is 2.80 bits per heavy atom. The van der Waals surface area contributed by atoms with Crippen LogP contribution in [0.1, 0.15) is 31.7 Å². The first kappa shape index (κ1) is 17.9. The second kappa shape index (κ2) is 7.55. The quantitative estimate of drug-likeness (QED) is 0.816. The van der Waals surface area contributed by atoms with Gasteiger partial charge >= 0.3 is 0 Å². The predicted octanol–water partition coefficient (Wildman–Crippen LogP) is 1.94. The molecule has 7 nitrogen and oxygen atoms in total. The number of sulfonamides is 1. The zero-order chi connectivity index (χ0) is 17.9. The number of piperidine rings is 1. The molecule has 25 heavy (non-hydrogen) atoms. The summed E-state index contributed by atoms with van der Waals surface area (Å²) in [5, 5.41) is 10.4. The topological polar surface area (TPSA) is 95.5 Å². The predicted molar refractivity (Wildman–Crippen MR) is 92.6 cm³/mol. The Kier molecular flexibility index (Phi) is 5.41. The number of ether oxygens (including phenoxy) is 1. The van der Waals surface area contributed by atoms with Crippen molar-refractivity contribution in [2.24, 2.45) is 5.92 Å². The SMILES string of the molecule is CCOc1cccc(S(=O)(=O)N2CCC(C(O)c3ncc[nH]3)CC2)c1. The van der Waals surface area contributed by atoms with Crippen LogP contribution < -0.4 is 4.74 Å². The van der Waals surface area contributed by atoms with Gasteiger partial charge in [0.2, 0.25) is 10.0 Å². The second-order valence-electron chi connectivity index (χ2n) is 6.07. The van der Waals surface area contributed by atoms with Crippen molar-refractivity contribution in [2.75, 3.05) is 19.7 Å². The molecule has 1 aliphatic rings. The van der Waals surface area contributed by atoms with Crippen molar-refractivity contribution in [1.29, 1.82) is 0 Å². The molecule has 2 N–H and O–H groups in total. The van der Waals surface area contributed by atoms with Gasteiger partial charge in [-0.25, -0.2) is 13.4 Å². The number of aliphatic hydroxyl groups excluding tert-OH is 1. The molecule has 3 rings (SSSR count). The van der Waals surface area contributed by atoms with Crippen molar-refractivity contribution in [1.82, 2.24) is 14.3 Å². The first-order chi connectivity index (χ1) is 12.0. The van der Waals surface area contributed by atoms with E-state index in [0.717, 1.165) is 0 Å². The monoisotopic (exact) mass is 365 g/mol. The highest BCUT2D eigenvalue weighted by Crippen LogP contribution is 2.31. The van der Waals surface area contributed by atoms with E-state index in [2.05, 4.69) is 9.97 Å². The standard InChI is InChI=1S/C17H23N3O4S/c1-2-24-14-4-3-5-15(12-14)25(22,23)20-10-6-13(7-11-20)16(21)17-18-8-9-19-17/h3-5,8-9,12-13,16,21H,2,6-7,10-11H2,1H3,(H,18,19). The molecule has 0 aliphatic carbocycles. The van der Waals surface area contributed by atoms with Gasteiger partial charge in [-0.2, -0.15) is 4.31 Å². The maximum atomic E-state index is 12.8. The molecule has 0 radical (unpaired) electrons. The van der Waals surface area contributed by atoms with Crippen molar-refractivity contribution in [3.63, 3.8) is 0 Å². The zero-order valence-corrected chi connectivity index (χ0v) is 14.9. The van der Waals surface area contributed by atoms with E-state index in [9.17, 15) is 13.5 Å². The maximum absolute atomic E-state index is 12.8. The molecule has 1 aromatic carbocycles. The number of hydrogen-bond donors (Lipinski definition) is 2. The average Bonchev–Trinajstić information content (AvgIpc) is 3.16. The maximum Gasteiger partial charge on any atom is 0.243 e. The van der Waals surface area contributed by atoms with Gasteiger partial charge in [0.05, 0.1) is 11.5 Å². The summed E-state index contributed by atoms with van der Waals surface area (Å²) >= 11 is 0. The van der Waals surface area contributed by atoms with Gasteiger partial charge in [0.25, 0.3) is 0 Å². The highest BCUT2D eigenvalue weighted by atomic mass is 32.2. The number of imidazole rings is 1. The van der Waals surface area contributed by atoms with Gasteiger partial charge in [0, 0.05) is 31.5 Å². The van der Waals surface area contributed by atoms with Crippen molar-refractivity contribution < 1.29 is 18.3 Å². The van der Waals surface area contributed by atoms with Crippen molar-refractivity contribution in [3.8, 4) is 5.75 Å². The third-order valence-corrected chi connectivity index (χ3v) is 6.39. The lowest BCUT2D eigenvalue weighted by molar-refractivity contribution is 0.0696. The lowest BCUT2D eigenvalue weighted by Gasteiger charge is -2.33. The minimum Gasteiger partial charge on any atom is -0.494 e. The fourth-order valence-electron chi connectivity index (χ4n) is 3.13. The molecule has 2 heterocycles. The number of benzene rings is 1. The van der Waals surface area contributed by atoms with Crippen LogP contribution >= 0.6 is 0 Å². The third kappa shape index (κ3) is 3.86. The van der Waals surface area contributed by atoms with Crippen LogP contribution in [0.2, 0.25) is 0 Å². The van der Waals surface area contributed by atoms with E-state index in [1.807, 2.05) is 6.92 Å². The Morgan fingerprint density at radius 1 is 1.40 bits per heavy atom. The van der Waals surface area contributed by atoms with E-state index >= 15 is 0 Å². The number of nitrogens with one attached hydrogen (secondary N) is 1. The molecule has 1 atom stereocenters. The van der Waals surface area contributed by atoms with E-state index in [4.69, 9.17) is 4.74 Å². The Hall–Kier alpha value is -1.90. The van der Waals surface area contributed by atoms with Gasteiger partial charge in [-0.15, -0.1) is 0 Å². The molecule has 1 aromatic heterocycles. The van der Waals surface area contributed by atoms with Crippen LogP contribution in [0.5, 0.6) is 5.75 Å². The number of nitrogens with zero attached hydrogens (tertiary/aromatic N) is 2. The number of aromatic nitrogens is 2. The second-order valence-corrected chi connectivity index (χ2v) is 8.01. The summed E-state index contributed by atoms with van der Waals surface area (Å²) in [6.45, 7) is 3.10. The minimum atomic E-state index is -3.56. The van der Waals surface area contributed by atoms with E-state index in [1.54, 1.807) is 36.7 Å². The number of aromatic amines is 1. The molecule has 8 heteroatoms. The minimum absolute atomic E-state index is 0.00707. The molecule has 1 aliphatic heterocycles. The van der Waals surface area contributed by atoms with E-state index in [0.29, 0.717) is 44.1 Å². The van der Waals surface area contributed by atoms with Crippen LogP contribution in [0.15, 0.2) is 41.6 Å². The summed E-state index contributed by atoms with van der Waals surface area (Å²) in [5.41, 5.74) is 0. The summed E-state index contributed by atoms with van der Waals surface area (Å²) in [7, 11) is -3.56. The van der Waals surface area contributed by atoms with E-state index < -0.39 is 16.1 Å².